The quantitative estimate of drug-likeness (QED) is 0.519. The monoisotopic (exact) mass is 190 g/mol. The number of nitrogens with two attached hydrogens (primary N) is 1. The second-order valence-electron chi connectivity index (χ2n) is 2.44. The lowest BCUT2D eigenvalue weighted by Crippen LogP contribution is -1.99. The van der Waals surface area contributed by atoms with Crippen LogP contribution >= 0.6 is 0 Å². The van der Waals surface area contributed by atoms with E-state index in [-0.39, 0.29) is 0 Å². The lowest BCUT2D eigenvalue weighted by molar-refractivity contribution is -0.136. The number of carbonyl (C=O) groups excluding carboxylic acids is 1. The maximum Gasteiger partial charge on any atom is 0.384 e. The summed E-state index contributed by atoms with van der Waals surface area (Å²) in [5.74, 6) is 4.83. The molecule has 0 aliphatic heterocycles. The molecule has 0 saturated carbocycles. The Morgan fingerprint density at radius 3 is 3.00 bits per heavy atom. The molecule has 0 amide bonds. The van der Waals surface area contributed by atoms with Gasteiger partial charge in [0, 0.05) is 17.7 Å². The van der Waals surface area contributed by atoms with E-state index in [0.29, 0.717) is 18.0 Å². The Hall–Kier alpha value is -2.02. The molecule has 1 aromatic heterocycles. The number of rotatable bonds is 1. The van der Waals surface area contributed by atoms with E-state index in [1.54, 1.807) is 19.1 Å². The predicted molar refractivity (Wildman–Crippen MR) is 52.2 cm³/mol. The number of nitrogens with zero attached hydrogens (tertiary/aromatic N) is 1. The van der Waals surface area contributed by atoms with Gasteiger partial charge in [-0.1, -0.05) is 5.92 Å². The molecule has 4 heteroatoms. The molecule has 0 aliphatic carbocycles. The van der Waals surface area contributed by atoms with Gasteiger partial charge in [0.1, 0.15) is 5.82 Å². The fraction of sp³-hybridized carbons (Fsp3) is 0.200. The Kier molecular flexibility index (Phi) is 3.50. The van der Waals surface area contributed by atoms with Crippen molar-refractivity contribution in [3.63, 3.8) is 0 Å². The minimum atomic E-state index is -0.538. The smallest absolute Gasteiger partial charge is 0.384 e. The number of ether oxygens (including phenoxy) is 1. The van der Waals surface area contributed by atoms with Crippen molar-refractivity contribution in [2.75, 3.05) is 12.3 Å². The van der Waals surface area contributed by atoms with Crippen LogP contribution in [0.2, 0.25) is 0 Å². The Bertz CT molecular complexity index is 373. The topological polar surface area (TPSA) is 65.2 Å². The third-order valence-electron chi connectivity index (χ3n) is 1.37. The van der Waals surface area contributed by atoms with E-state index in [1.807, 2.05) is 0 Å². The van der Waals surface area contributed by atoms with Crippen molar-refractivity contribution in [1.29, 1.82) is 0 Å². The first kappa shape index (κ1) is 10.1. The van der Waals surface area contributed by atoms with E-state index in [4.69, 9.17) is 5.73 Å². The molecule has 1 heterocycles. The SMILES string of the molecule is CCOC(=O)C#Cc1ccc(N)nc1. The van der Waals surface area contributed by atoms with Crippen LogP contribution in [0.25, 0.3) is 0 Å². The summed E-state index contributed by atoms with van der Waals surface area (Å²) in [6.45, 7) is 2.05. The van der Waals surface area contributed by atoms with Crippen LogP contribution in [0, 0.1) is 11.8 Å². The highest BCUT2D eigenvalue weighted by molar-refractivity contribution is 5.89. The van der Waals surface area contributed by atoms with Gasteiger partial charge in [-0.05, 0) is 19.1 Å². The van der Waals surface area contributed by atoms with E-state index >= 15 is 0 Å². The van der Waals surface area contributed by atoms with E-state index < -0.39 is 5.97 Å². The number of hydrogen-bond acceptors (Lipinski definition) is 4. The van der Waals surface area contributed by atoms with Crippen molar-refractivity contribution >= 4 is 11.8 Å². The third-order valence-corrected chi connectivity index (χ3v) is 1.37. The molecule has 1 rings (SSSR count). The zero-order valence-electron chi connectivity index (χ0n) is 7.78. The van der Waals surface area contributed by atoms with Crippen molar-refractivity contribution in [3.8, 4) is 11.8 Å². The second-order valence-corrected chi connectivity index (χ2v) is 2.44. The summed E-state index contributed by atoms with van der Waals surface area (Å²) in [7, 11) is 0. The van der Waals surface area contributed by atoms with Gasteiger partial charge in [0.2, 0.25) is 0 Å². The molecule has 1 aromatic rings. The third kappa shape index (κ3) is 3.15. The zero-order chi connectivity index (χ0) is 10.4. The Balaban J connectivity index is 2.68. The second kappa shape index (κ2) is 4.87. The van der Waals surface area contributed by atoms with Crippen LogP contribution in [-0.4, -0.2) is 17.6 Å². The molecule has 0 unspecified atom stereocenters. The highest BCUT2D eigenvalue weighted by Gasteiger charge is 1.93. The van der Waals surface area contributed by atoms with Gasteiger partial charge in [0.25, 0.3) is 0 Å². The van der Waals surface area contributed by atoms with Crippen LogP contribution in [-0.2, 0) is 9.53 Å². The maximum absolute atomic E-state index is 10.8. The summed E-state index contributed by atoms with van der Waals surface area (Å²) >= 11 is 0. The lowest BCUT2D eigenvalue weighted by atomic mass is 10.3. The molecule has 0 atom stereocenters. The van der Waals surface area contributed by atoms with Gasteiger partial charge >= 0.3 is 5.97 Å². The number of nitrogen functional groups attached to an aromatic ring is 1. The van der Waals surface area contributed by atoms with Crippen LogP contribution in [0.3, 0.4) is 0 Å². The number of anilines is 1. The first-order valence-electron chi connectivity index (χ1n) is 4.12. The minimum Gasteiger partial charge on any atom is -0.456 e. The summed E-state index contributed by atoms with van der Waals surface area (Å²) in [5, 5.41) is 0. The van der Waals surface area contributed by atoms with E-state index in [0.717, 1.165) is 0 Å². The maximum atomic E-state index is 10.8. The predicted octanol–water partition coefficient (Wildman–Crippen LogP) is 0.578. The van der Waals surface area contributed by atoms with Gasteiger partial charge < -0.3 is 10.5 Å². The van der Waals surface area contributed by atoms with Gasteiger partial charge in [0.05, 0.1) is 6.61 Å². The Morgan fingerprint density at radius 1 is 1.64 bits per heavy atom. The van der Waals surface area contributed by atoms with E-state index in [2.05, 4.69) is 21.6 Å². The number of carbonyl (C=O) groups is 1. The molecule has 0 aliphatic rings. The van der Waals surface area contributed by atoms with Crippen LogP contribution < -0.4 is 5.73 Å². The first-order valence-corrected chi connectivity index (χ1v) is 4.12. The summed E-state index contributed by atoms with van der Waals surface area (Å²) in [4.78, 5) is 14.7. The van der Waals surface area contributed by atoms with Crippen LogP contribution in [0.5, 0.6) is 0 Å². The Labute approximate surface area is 82.1 Å². The van der Waals surface area contributed by atoms with Crippen molar-refractivity contribution in [2.24, 2.45) is 0 Å². The molecular weight excluding hydrogens is 180 g/mol. The first-order chi connectivity index (χ1) is 6.72. The summed E-state index contributed by atoms with van der Waals surface area (Å²) in [6.07, 6.45) is 1.50. The Morgan fingerprint density at radius 2 is 2.43 bits per heavy atom. The van der Waals surface area contributed by atoms with Gasteiger partial charge in [0.15, 0.2) is 0 Å². The van der Waals surface area contributed by atoms with E-state index in [1.165, 1.54) is 6.20 Å². The van der Waals surface area contributed by atoms with E-state index in [9.17, 15) is 4.79 Å². The molecule has 14 heavy (non-hydrogen) atoms. The largest absolute Gasteiger partial charge is 0.456 e. The summed E-state index contributed by atoms with van der Waals surface area (Å²) < 4.78 is 4.63. The number of esters is 1. The molecule has 0 fully saturated rings. The number of pyridine rings is 1. The fourth-order valence-electron chi connectivity index (χ4n) is 0.770. The van der Waals surface area contributed by atoms with Crippen LogP contribution in [0.4, 0.5) is 5.82 Å². The van der Waals surface area contributed by atoms with Crippen molar-refractivity contribution in [1.82, 2.24) is 4.98 Å². The van der Waals surface area contributed by atoms with Crippen LogP contribution in [0.1, 0.15) is 12.5 Å². The fourth-order valence-corrected chi connectivity index (χ4v) is 0.770. The average Bonchev–Trinajstić information content (AvgIpc) is 2.17. The molecule has 4 nitrogen and oxygen atoms in total. The molecule has 0 radical (unpaired) electrons. The minimum absolute atomic E-state index is 0.327. The normalized spacial score (nSPS) is 8.64. The molecule has 72 valence electrons. The molecule has 0 aromatic carbocycles. The van der Waals surface area contributed by atoms with Gasteiger partial charge in [-0.25, -0.2) is 9.78 Å². The van der Waals surface area contributed by atoms with Crippen molar-refractivity contribution in [2.45, 2.75) is 6.92 Å². The number of aromatic nitrogens is 1. The molecule has 0 spiro atoms. The van der Waals surface area contributed by atoms with Crippen LogP contribution in [0.15, 0.2) is 18.3 Å². The summed E-state index contributed by atoms with van der Waals surface area (Å²) in [5.41, 5.74) is 6.01. The highest BCUT2D eigenvalue weighted by atomic mass is 16.5. The standard InChI is InChI=1S/C10H10N2O2/c1-2-14-10(13)6-4-8-3-5-9(11)12-7-8/h3,5,7H,2H2,1H3,(H2,11,12). The lowest BCUT2D eigenvalue weighted by Gasteiger charge is -1.92. The molecular formula is C10H10N2O2. The molecule has 0 bridgehead atoms. The van der Waals surface area contributed by atoms with Crippen molar-refractivity contribution in [3.05, 3.63) is 23.9 Å². The highest BCUT2D eigenvalue weighted by Crippen LogP contribution is 1.98. The number of hydrogen-bond donors (Lipinski definition) is 1. The molecule has 2 N–H and O–H groups in total. The zero-order valence-corrected chi connectivity index (χ0v) is 7.78. The summed E-state index contributed by atoms with van der Waals surface area (Å²) in [6, 6.07) is 3.31. The van der Waals surface area contributed by atoms with Gasteiger partial charge in [-0.15, -0.1) is 0 Å². The van der Waals surface area contributed by atoms with Gasteiger partial charge in [-0.2, -0.15) is 0 Å². The van der Waals surface area contributed by atoms with Crippen molar-refractivity contribution < 1.29 is 9.53 Å². The van der Waals surface area contributed by atoms with Gasteiger partial charge in [-0.3, -0.25) is 0 Å². The molecule has 0 saturated heterocycles. The average molecular weight is 190 g/mol.